The van der Waals surface area contributed by atoms with Crippen molar-refractivity contribution in [3.63, 3.8) is 0 Å². The van der Waals surface area contributed by atoms with Crippen LogP contribution in [0.5, 0.6) is 0 Å². The number of piperazine rings is 1. The monoisotopic (exact) mass is 315 g/mol. The SMILES string of the molecule is Cc1nc(C)c(CN2CCN(CCc3ccccc3)CC2)s1. The van der Waals surface area contributed by atoms with Crippen LogP contribution < -0.4 is 0 Å². The summed E-state index contributed by atoms with van der Waals surface area (Å²) in [7, 11) is 0. The maximum atomic E-state index is 4.54. The van der Waals surface area contributed by atoms with Crippen molar-refractivity contribution in [3.8, 4) is 0 Å². The van der Waals surface area contributed by atoms with E-state index >= 15 is 0 Å². The summed E-state index contributed by atoms with van der Waals surface area (Å²) in [6.45, 7) is 11.2. The van der Waals surface area contributed by atoms with Gasteiger partial charge in [0.1, 0.15) is 0 Å². The van der Waals surface area contributed by atoms with Crippen molar-refractivity contribution < 1.29 is 0 Å². The van der Waals surface area contributed by atoms with Crippen LogP contribution in [0, 0.1) is 13.8 Å². The van der Waals surface area contributed by atoms with E-state index in [9.17, 15) is 0 Å². The average molecular weight is 315 g/mol. The van der Waals surface area contributed by atoms with Crippen molar-refractivity contribution in [2.45, 2.75) is 26.8 Å². The van der Waals surface area contributed by atoms with E-state index in [-0.39, 0.29) is 0 Å². The average Bonchev–Trinajstić information content (AvgIpc) is 2.85. The Bertz CT molecular complexity index is 586. The molecule has 0 saturated carbocycles. The molecule has 4 heteroatoms. The van der Waals surface area contributed by atoms with E-state index in [0.29, 0.717) is 0 Å². The molecule has 0 bridgehead atoms. The van der Waals surface area contributed by atoms with E-state index in [0.717, 1.165) is 13.0 Å². The van der Waals surface area contributed by atoms with Crippen LogP contribution in [0.4, 0.5) is 0 Å². The molecule has 3 rings (SSSR count). The van der Waals surface area contributed by atoms with Gasteiger partial charge in [-0.3, -0.25) is 4.90 Å². The van der Waals surface area contributed by atoms with Gasteiger partial charge in [-0.05, 0) is 25.8 Å². The molecule has 0 spiro atoms. The number of hydrogen-bond donors (Lipinski definition) is 0. The lowest BCUT2D eigenvalue weighted by Gasteiger charge is -2.34. The van der Waals surface area contributed by atoms with Crippen LogP contribution in [-0.2, 0) is 13.0 Å². The van der Waals surface area contributed by atoms with E-state index in [2.05, 4.69) is 59.0 Å². The van der Waals surface area contributed by atoms with Gasteiger partial charge in [0.05, 0.1) is 10.7 Å². The van der Waals surface area contributed by atoms with Gasteiger partial charge in [-0.25, -0.2) is 4.98 Å². The van der Waals surface area contributed by atoms with E-state index in [1.54, 1.807) is 0 Å². The fourth-order valence-electron chi connectivity index (χ4n) is 3.03. The molecule has 3 nitrogen and oxygen atoms in total. The van der Waals surface area contributed by atoms with Crippen molar-refractivity contribution in [1.82, 2.24) is 14.8 Å². The summed E-state index contributed by atoms with van der Waals surface area (Å²) in [5.41, 5.74) is 2.66. The van der Waals surface area contributed by atoms with E-state index in [4.69, 9.17) is 0 Å². The molecule has 2 heterocycles. The number of rotatable bonds is 5. The highest BCUT2D eigenvalue weighted by atomic mass is 32.1. The Hall–Kier alpha value is -1.23. The van der Waals surface area contributed by atoms with Gasteiger partial charge in [-0.2, -0.15) is 0 Å². The minimum Gasteiger partial charge on any atom is -0.300 e. The summed E-state index contributed by atoms with van der Waals surface area (Å²) < 4.78 is 0. The molecule has 1 aliphatic rings. The van der Waals surface area contributed by atoms with Gasteiger partial charge in [0.25, 0.3) is 0 Å². The summed E-state index contributed by atoms with van der Waals surface area (Å²) in [4.78, 5) is 11.1. The van der Waals surface area contributed by atoms with E-state index < -0.39 is 0 Å². The second kappa shape index (κ2) is 7.36. The maximum Gasteiger partial charge on any atom is 0.0900 e. The first kappa shape index (κ1) is 15.7. The lowest BCUT2D eigenvalue weighted by molar-refractivity contribution is 0.129. The van der Waals surface area contributed by atoms with Crippen LogP contribution in [-0.4, -0.2) is 47.5 Å². The molecule has 1 aromatic carbocycles. The molecule has 118 valence electrons. The van der Waals surface area contributed by atoms with Gasteiger partial charge >= 0.3 is 0 Å². The van der Waals surface area contributed by atoms with Crippen molar-refractivity contribution in [2.75, 3.05) is 32.7 Å². The molecule has 22 heavy (non-hydrogen) atoms. The smallest absolute Gasteiger partial charge is 0.0900 e. The first-order chi connectivity index (χ1) is 10.7. The van der Waals surface area contributed by atoms with Crippen molar-refractivity contribution in [2.24, 2.45) is 0 Å². The fourth-order valence-corrected chi connectivity index (χ4v) is 4.01. The van der Waals surface area contributed by atoms with Crippen LogP contribution in [0.25, 0.3) is 0 Å². The quantitative estimate of drug-likeness (QED) is 0.845. The first-order valence-corrected chi connectivity index (χ1v) is 8.94. The maximum absolute atomic E-state index is 4.54. The molecule has 0 N–H and O–H groups in total. The number of thiazole rings is 1. The lowest BCUT2D eigenvalue weighted by Crippen LogP contribution is -2.46. The number of nitrogens with zero attached hydrogens (tertiary/aromatic N) is 3. The van der Waals surface area contributed by atoms with Crippen LogP contribution in [0.1, 0.15) is 21.1 Å². The molecule has 0 aliphatic carbocycles. The molecule has 0 unspecified atom stereocenters. The van der Waals surface area contributed by atoms with Gasteiger partial charge in [0, 0.05) is 44.1 Å². The molecule has 2 aromatic rings. The number of aryl methyl sites for hydroxylation is 2. The molecule has 1 fully saturated rings. The Morgan fingerprint density at radius 1 is 1.00 bits per heavy atom. The minimum atomic E-state index is 1.07. The Morgan fingerprint density at radius 3 is 2.32 bits per heavy atom. The summed E-state index contributed by atoms with van der Waals surface area (Å²) in [6, 6.07) is 10.8. The second-order valence-electron chi connectivity index (χ2n) is 6.09. The van der Waals surface area contributed by atoms with Gasteiger partial charge < -0.3 is 4.90 Å². The molecule has 1 aromatic heterocycles. The van der Waals surface area contributed by atoms with Gasteiger partial charge in [-0.15, -0.1) is 11.3 Å². The highest BCUT2D eigenvalue weighted by Crippen LogP contribution is 2.20. The summed E-state index contributed by atoms with van der Waals surface area (Å²) >= 11 is 1.85. The fraction of sp³-hybridized carbons (Fsp3) is 0.500. The summed E-state index contributed by atoms with van der Waals surface area (Å²) in [6.07, 6.45) is 1.16. The Morgan fingerprint density at radius 2 is 1.68 bits per heavy atom. The zero-order valence-electron chi connectivity index (χ0n) is 13.6. The number of hydrogen-bond acceptors (Lipinski definition) is 4. The molecule has 1 saturated heterocycles. The van der Waals surface area contributed by atoms with E-state index in [1.165, 1.54) is 53.9 Å². The first-order valence-electron chi connectivity index (χ1n) is 8.12. The number of aromatic nitrogens is 1. The Kier molecular flexibility index (Phi) is 5.24. The van der Waals surface area contributed by atoms with Gasteiger partial charge in [-0.1, -0.05) is 30.3 Å². The highest BCUT2D eigenvalue weighted by molar-refractivity contribution is 7.11. The minimum absolute atomic E-state index is 1.07. The second-order valence-corrected chi connectivity index (χ2v) is 7.38. The van der Waals surface area contributed by atoms with Crippen LogP contribution in [0.15, 0.2) is 30.3 Å². The largest absolute Gasteiger partial charge is 0.300 e. The van der Waals surface area contributed by atoms with E-state index in [1.807, 2.05) is 11.3 Å². The normalized spacial score (nSPS) is 17.0. The third-order valence-corrected chi connectivity index (χ3v) is 5.45. The zero-order chi connectivity index (χ0) is 15.4. The Balaban J connectivity index is 1.43. The summed E-state index contributed by atoms with van der Waals surface area (Å²) in [5.74, 6) is 0. The lowest BCUT2D eigenvalue weighted by atomic mass is 10.1. The molecular formula is C18H25N3S. The van der Waals surface area contributed by atoms with Gasteiger partial charge in [0.2, 0.25) is 0 Å². The Labute approximate surface area is 137 Å². The van der Waals surface area contributed by atoms with Crippen molar-refractivity contribution in [3.05, 3.63) is 51.5 Å². The van der Waals surface area contributed by atoms with Crippen LogP contribution in [0.2, 0.25) is 0 Å². The third kappa shape index (κ3) is 4.15. The number of benzene rings is 1. The molecule has 0 amide bonds. The predicted octanol–water partition coefficient (Wildman–Crippen LogP) is 3.12. The highest BCUT2D eigenvalue weighted by Gasteiger charge is 2.18. The predicted molar refractivity (Wildman–Crippen MR) is 93.5 cm³/mol. The molecule has 0 radical (unpaired) electrons. The van der Waals surface area contributed by atoms with Gasteiger partial charge in [0.15, 0.2) is 0 Å². The molecule has 1 aliphatic heterocycles. The third-order valence-electron chi connectivity index (χ3n) is 4.39. The van der Waals surface area contributed by atoms with Crippen molar-refractivity contribution >= 4 is 11.3 Å². The molecule has 0 atom stereocenters. The van der Waals surface area contributed by atoms with Crippen molar-refractivity contribution in [1.29, 1.82) is 0 Å². The topological polar surface area (TPSA) is 19.4 Å². The summed E-state index contributed by atoms with van der Waals surface area (Å²) in [5, 5.41) is 1.19. The van der Waals surface area contributed by atoms with Crippen LogP contribution in [0.3, 0.4) is 0 Å². The molecular weight excluding hydrogens is 290 g/mol. The standard InChI is InChI=1S/C18H25N3S/c1-15-18(22-16(2)19-15)14-21-12-10-20(11-13-21)9-8-17-6-4-3-5-7-17/h3-7H,8-14H2,1-2H3. The van der Waals surface area contributed by atoms with Crippen LogP contribution >= 0.6 is 11.3 Å². The zero-order valence-corrected chi connectivity index (χ0v) is 14.4.